The number of carboxylic acid groups (broad SMARTS) is 1. The number of nitrogens with zero attached hydrogens (tertiary/aromatic N) is 1. The number of ether oxygens (including phenoxy) is 1. The van der Waals surface area contributed by atoms with E-state index in [0.717, 1.165) is 32.6 Å². The number of nitrogens with one attached hydrogen (secondary N) is 1. The third-order valence-corrected chi connectivity index (χ3v) is 2.76. The maximum atomic E-state index is 10.5. The molecular formula is C11H22N2O3. The molecule has 1 aliphatic heterocycles. The van der Waals surface area contributed by atoms with E-state index in [4.69, 9.17) is 9.84 Å². The topological polar surface area (TPSA) is 61.8 Å². The number of carboxylic acids is 1. The van der Waals surface area contributed by atoms with E-state index in [-0.39, 0.29) is 12.6 Å². The fourth-order valence-electron chi connectivity index (χ4n) is 1.96. The number of piperazine rings is 1. The van der Waals surface area contributed by atoms with Crippen LogP contribution in [0, 0.1) is 0 Å². The van der Waals surface area contributed by atoms with Crippen LogP contribution in [0.2, 0.25) is 0 Å². The normalized spacial score (nSPS) is 19.6. The largest absolute Gasteiger partial charge is 0.481 e. The van der Waals surface area contributed by atoms with Crippen molar-refractivity contribution in [1.29, 1.82) is 0 Å². The summed E-state index contributed by atoms with van der Waals surface area (Å²) in [5, 5.41) is 11.9. The summed E-state index contributed by atoms with van der Waals surface area (Å²) in [4.78, 5) is 12.7. The highest BCUT2D eigenvalue weighted by Crippen LogP contribution is 2.11. The maximum Gasteiger partial charge on any atom is 0.303 e. The van der Waals surface area contributed by atoms with Gasteiger partial charge in [-0.25, -0.2) is 0 Å². The monoisotopic (exact) mass is 230 g/mol. The average Bonchev–Trinajstić information content (AvgIpc) is 2.29. The van der Waals surface area contributed by atoms with Crippen molar-refractivity contribution in [3.63, 3.8) is 0 Å². The molecule has 0 aromatic rings. The van der Waals surface area contributed by atoms with Gasteiger partial charge in [0, 0.05) is 39.2 Å². The molecule has 0 saturated carbocycles. The van der Waals surface area contributed by atoms with E-state index in [1.165, 1.54) is 0 Å². The molecular weight excluding hydrogens is 208 g/mol. The standard InChI is InChI=1S/C11H22N2O3/c1-2-16-10(4-3-5-11(14)15)13-8-6-12-7-9-13/h10,12H,2-9H2,1H3,(H,14,15). The van der Waals surface area contributed by atoms with Gasteiger partial charge in [-0.3, -0.25) is 9.69 Å². The van der Waals surface area contributed by atoms with Crippen molar-refractivity contribution in [2.45, 2.75) is 32.4 Å². The van der Waals surface area contributed by atoms with Gasteiger partial charge < -0.3 is 15.2 Å². The second kappa shape index (κ2) is 7.60. The molecule has 5 nitrogen and oxygen atoms in total. The van der Waals surface area contributed by atoms with E-state index in [0.29, 0.717) is 13.0 Å². The summed E-state index contributed by atoms with van der Waals surface area (Å²) in [6.07, 6.45) is 1.81. The minimum absolute atomic E-state index is 0.0893. The molecule has 0 spiro atoms. The van der Waals surface area contributed by atoms with Crippen molar-refractivity contribution in [2.75, 3.05) is 32.8 Å². The van der Waals surface area contributed by atoms with Crippen LogP contribution in [0.1, 0.15) is 26.2 Å². The number of hydrogen-bond acceptors (Lipinski definition) is 4. The second-order valence-corrected chi connectivity index (χ2v) is 3.98. The lowest BCUT2D eigenvalue weighted by Crippen LogP contribution is -2.49. The predicted molar refractivity (Wildman–Crippen MR) is 61.3 cm³/mol. The zero-order valence-corrected chi connectivity index (χ0v) is 9.95. The highest BCUT2D eigenvalue weighted by atomic mass is 16.5. The Morgan fingerprint density at radius 1 is 1.50 bits per heavy atom. The molecule has 1 saturated heterocycles. The molecule has 94 valence electrons. The molecule has 16 heavy (non-hydrogen) atoms. The van der Waals surface area contributed by atoms with Crippen LogP contribution in [0.25, 0.3) is 0 Å². The fourth-order valence-corrected chi connectivity index (χ4v) is 1.96. The van der Waals surface area contributed by atoms with Gasteiger partial charge in [0.2, 0.25) is 0 Å². The fraction of sp³-hybridized carbons (Fsp3) is 0.909. The Labute approximate surface area is 96.8 Å². The number of aliphatic carboxylic acids is 1. The minimum atomic E-state index is -0.726. The molecule has 1 rings (SSSR count). The Bertz CT molecular complexity index is 205. The summed E-state index contributed by atoms with van der Waals surface area (Å²) < 4.78 is 5.67. The van der Waals surface area contributed by atoms with Gasteiger partial charge in [0.05, 0.1) is 0 Å². The molecule has 1 unspecified atom stereocenters. The third kappa shape index (κ3) is 4.92. The highest BCUT2D eigenvalue weighted by molar-refractivity contribution is 5.66. The number of rotatable bonds is 7. The summed E-state index contributed by atoms with van der Waals surface area (Å²) in [6, 6.07) is 0. The van der Waals surface area contributed by atoms with Gasteiger partial charge in [0.1, 0.15) is 6.23 Å². The number of hydrogen-bond donors (Lipinski definition) is 2. The third-order valence-electron chi connectivity index (χ3n) is 2.76. The van der Waals surface area contributed by atoms with E-state index in [2.05, 4.69) is 10.2 Å². The quantitative estimate of drug-likeness (QED) is 0.667. The lowest BCUT2D eigenvalue weighted by atomic mass is 10.2. The van der Waals surface area contributed by atoms with Gasteiger partial charge in [-0.2, -0.15) is 0 Å². The van der Waals surface area contributed by atoms with E-state index >= 15 is 0 Å². The van der Waals surface area contributed by atoms with Crippen molar-refractivity contribution in [3.8, 4) is 0 Å². The van der Waals surface area contributed by atoms with Crippen LogP contribution in [0.3, 0.4) is 0 Å². The molecule has 0 amide bonds. The SMILES string of the molecule is CCOC(CCCC(=O)O)N1CCNCC1. The van der Waals surface area contributed by atoms with E-state index in [1.807, 2.05) is 6.92 Å². The Morgan fingerprint density at radius 3 is 2.75 bits per heavy atom. The summed E-state index contributed by atoms with van der Waals surface area (Å²) in [7, 11) is 0. The van der Waals surface area contributed by atoms with Gasteiger partial charge in [0.25, 0.3) is 0 Å². The van der Waals surface area contributed by atoms with Crippen LogP contribution in [0.15, 0.2) is 0 Å². The predicted octanol–water partition coefficient (Wildman–Crippen LogP) is 0.509. The van der Waals surface area contributed by atoms with Gasteiger partial charge in [-0.15, -0.1) is 0 Å². The highest BCUT2D eigenvalue weighted by Gasteiger charge is 2.20. The Morgan fingerprint density at radius 2 is 2.19 bits per heavy atom. The molecule has 5 heteroatoms. The first-order chi connectivity index (χ1) is 7.74. The molecule has 1 heterocycles. The summed E-state index contributed by atoms with van der Waals surface area (Å²) in [6.45, 7) is 6.61. The van der Waals surface area contributed by atoms with Gasteiger partial charge >= 0.3 is 5.97 Å². The average molecular weight is 230 g/mol. The van der Waals surface area contributed by atoms with E-state index in [9.17, 15) is 4.79 Å². The van der Waals surface area contributed by atoms with Crippen LogP contribution < -0.4 is 5.32 Å². The molecule has 0 aromatic carbocycles. The van der Waals surface area contributed by atoms with Crippen molar-refractivity contribution in [3.05, 3.63) is 0 Å². The maximum absolute atomic E-state index is 10.5. The Balaban J connectivity index is 2.30. The van der Waals surface area contributed by atoms with Gasteiger partial charge in [0.15, 0.2) is 0 Å². The van der Waals surface area contributed by atoms with Gasteiger partial charge in [-0.05, 0) is 19.8 Å². The first-order valence-corrected chi connectivity index (χ1v) is 6.02. The lowest BCUT2D eigenvalue weighted by molar-refractivity contribution is -0.137. The summed E-state index contributed by atoms with van der Waals surface area (Å²) >= 11 is 0. The van der Waals surface area contributed by atoms with Crippen molar-refractivity contribution in [1.82, 2.24) is 10.2 Å². The minimum Gasteiger partial charge on any atom is -0.481 e. The van der Waals surface area contributed by atoms with E-state index < -0.39 is 5.97 Å². The van der Waals surface area contributed by atoms with Crippen molar-refractivity contribution in [2.24, 2.45) is 0 Å². The van der Waals surface area contributed by atoms with Crippen molar-refractivity contribution >= 4 is 5.97 Å². The van der Waals surface area contributed by atoms with Crippen molar-refractivity contribution < 1.29 is 14.6 Å². The molecule has 0 bridgehead atoms. The van der Waals surface area contributed by atoms with Crippen LogP contribution in [-0.2, 0) is 9.53 Å². The first-order valence-electron chi connectivity index (χ1n) is 6.02. The smallest absolute Gasteiger partial charge is 0.303 e. The molecule has 0 radical (unpaired) electrons. The first kappa shape index (κ1) is 13.4. The molecule has 0 aromatic heterocycles. The molecule has 1 fully saturated rings. The summed E-state index contributed by atoms with van der Waals surface area (Å²) in [5.74, 6) is -0.726. The zero-order valence-electron chi connectivity index (χ0n) is 9.95. The zero-order chi connectivity index (χ0) is 11.8. The Hall–Kier alpha value is -0.650. The van der Waals surface area contributed by atoms with E-state index in [1.54, 1.807) is 0 Å². The molecule has 0 aliphatic carbocycles. The lowest BCUT2D eigenvalue weighted by Gasteiger charge is -2.34. The summed E-state index contributed by atoms with van der Waals surface area (Å²) in [5.41, 5.74) is 0. The van der Waals surface area contributed by atoms with Crippen LogP contribution in [-0.4, -0.2) is 55.0 Å². The second-order valence-electron chi connectivity index (χ2n) is 3.98. The van der Waals surface area contributed by atoms with Crippen LogP contribution in [0.5, 0.6) is 0 Å². The van der Waals surface area contributed by atoms with Crippen LogP contribution in [0.4, 0.5) is 0 Å². The Kier molecular flexibility index (Phi) is 6.37. The molecule has 2 N–H and O–H groups in total. The molecule has 1 atom stereocenters. The van der Waals surface area contributed by atoms with Gasteiger partial charge in [-0.1, -0.05) is 0 Å². The molecule has 1 aliphatic rings. The number of carbonyl (C=O) groups is 1. The van der Waals surface area contributed by atoms with Crippen LogP contribution >= 0.6 is 0 Å².